The Morgan fingerprint density at radius 3 is 3.00 bits per heavy atom. The number of hydrogen-bond acceptors (Lipinski definition) is 5. The fourth-order valence-electron chi connectivity index (χ4n) is 1.13. The summed E-state index contributed by atoms with van der Waals surface area (Å²) in [4.78, 5) is 21.0. The molecule has 0 aromatic carbocycles. The first kappa shape index (κ1) is 11.4. The van der Waals surface area contributed by atoms with Gasteiger partial charge in [-0.1, -0.05) is 13.0 Å². The molecule has 6 heteroatoms. The minimum atomic E-state index is -1.67. The molecule has 0 amide bonds. The lowest BCUT2D eigenvalue weighted by atomic mass is 10.0. The average molecular weight is 212 g/mol. The molecule has 0 radical (unpaired) electrons. The Labute approximate surface area is 86.5 Å². The normalized spacial score (nSPS) is 24.5. The third kappa shape index (κ3) is 2.63. The first-order valence-electron chi connectivity index (χ1n) is 4.50. The molecule has 0 aromatic heterocycles. The molecule has 6 nitrogen and oxygen atoms in total. The van der Waals surface area contributed by atoms with Gasteiger partial charge in [0.15, 0.2) is 0 Å². The molecule has 1 atom stereocenters. The summed E-state index contributed by atoms with van der Waals surface area (Å²) < 4.78 is 4.87. The first-order chi connectivity index (χ1) is 6.98. The van der Waals surface area contributed by atoms with Crippen LogP contribution in [0.2, 0.25) is 0 Å². The summed E-state index contributed by atoms with van der Waals surface area (Å²) in [6.45, 7) is 1.64. The van der Waals surface area contributed by atoms with E-state index in [1.165, 1.54) is 18.2 Å². The van der Waals surface area contributed by atoms with Crippen molar-refractivity contribution in [2.24, 2.45) is 5.73 Å². The first-order valence-corrected chi connectivity index (χ1v) is 4.50. The lowest BCUT2D eigenvalue weighted by Gasteiger charge is -2.20. The third-order valence-electron chi connectivity index (χ3n) is 2.00. The lowest BCUT2D eigenvalue weighted by molar-refractivity contribution is -0.554. The number of ether oxygens (including phenoxy) is 1. The topological polar surface area (TPSA) is 95.5 Å². The van der Waals surface area contributed by atoms with E-state index in [4.69, 9.17) is 10.5 Å². The molecule has 82 valence electrons. The van der Waals surface area contributed by atoms with Crippen molar-refractivity contribution in [3.8, 4) is 0 Å². The molecule has 1 unspecified atom stereocenters. The number of esters is 1. The van der Waals surface area contributed by atoms with Gasteiger partial charge >= 0.3 is 5.97 Å². The van der Waals surface area contributed by atoms with Crippen LogP contribution in [0, 0.1) is 10.1 Å². The highest BCUT2D eigenvalue weighted by Crippen LogP contribution is 2.22. The van der Waals surface area contributed by atoms with Crippen LogP contribution in [-0.4, -0.2) is 16.6 Å². The minimum absolute atomic E-state index is 0.109. The van der Waals surface area contributed by atoms with Crippen LogP contribution in [0.15, 0.2) is 24.0 Å². The van der Waals surface area contributed by atoms with E-state index < -0.39 is 16.6 Å². The Hall–Kier alpha value is -1.69. The fraction of sp³-hybridized carbons (Fsp3) is 0.444. The summed E-state index contributed by atoms with van der Waals surface area (Å²) in [6.07, 6.45) is 4.31. The Balaban J connectivity index is 2.72. The number of nitrogens with zero attached hydrogens (tertiary/aromatic N) is 1. The number of carbonyl (C=O) groups excluding carboxylic acids is 1. The second kappa shape index (κ2) is 4.22. The Morgan fingerprint density at radius 2 is 2.47 bits per heavy atom. The molecule has 0 aliphatic heterocycles. The van der Waals surface area contributed by atoms with E-state index in [9.17, 15) is 14.9 Å². The third-order valence-corrected chi connectivity index (χ3v) is 2.00. The second-order valence-corrected chi connectivity index (χ2v) is 3.24. The molecular formula is C9H12N2O4. The van der Waals surface area contributed by atoms with Gasteiger partial charge in [0.05, 0.1) is 6.42 Å². The molecular weight excluding hydrogens is 200 g/mol. The number of nitrogens with two attached hydrogens (primary N) is 1. The zero-order chi connectivity index (χ0) is 11.5. The maximum Gasteiger partial charge on any atom is 0.310 e. The van der Waals surface area contributed by atoms with Crippen LogP contribution in [0.4, 0.5) is 0 Å². The van der Waals surface area contributed by atoms with Crippen LogP contribution < -0.4 is 5.73 Å². The number of rotatable bonds is 3. The zero-order valence-corrected chi connectivity index (χ0v) is 8.30. The summed E-state index contributed by atoms with van der Waals surface area (Å²) in [5.41, 5.74) is 3.82. The summed E-state index contributed by atoms with van der Waals surface area (Å²) in [7, 11) is 0. The maximum atomic E-state index is 11.0. The largest absolute Gasteiger partial charge is 0.431 e. The van der Waals surface area contributed by atoms with Crippen molar-refractivity contribution in [3.05, 3.63) is 34.1 Å². The second-order valence-electron chi connectivity index (χ2n) is 3.24. The van der Waals surface area contributed by atoms with Gasteiger partial charge in [-0.05, 0) is 6.08 Å². The maximum absolute atomic E-state index is 11.0. The van der Waals surface area contributed by atoms with Gasteiger partial charge in [-0.25, -0.2) is 0 Å². The molecule has 0 saturated heterocycles. The van der Waals surface area contributed by atoms with Crippen molar-refractivity contribution in [3.63, 3.8) is 0 Å². The molecule has 0 saturated carbocycles. The number of nitro groups is 1. The zero-order valence-electron chi connectivity index (χ0n) is 8.30. The average Bonchev–Trinajstić information content (AvgIpc) is 2.17. The quantitative estimate of drug-likeness (QED) is 0.322. The molecule has 2 N–H and O–H groups in total. The Bertz CT molecular complexity index is 348. The molecule has 15 heavy (non-hydrogen) atoms. The highest BCUT2D eigenvalue weighted by Gasteiger charge is 2.38. The van der Waals surface area contributed by atoms with Crippen molar-refractivity contribution in [1.29, 1.82) is 0 Å². The van der Waals surface area contributed by atoms with Crippen LogP contribution in [0.3, 0.4) is 0 Å². The molecule has 0 heterocycles. The fourth-order valence-corrected chi connectivity index (χ4v) is 1.13. The highest BCUT2D eigenvalue weighted by atomic mass is 16.6. The Morgan fingerprint density at radius 1 is 1.80 bits per heavy atom. The summed E-state index contributed by atoms with van der Waals surface area (Å²) >= 11 is 0. The van der Waals surface area contributed by atoms with Crippen molar-refractivity contribution >= 4 is 5.97 Å². The van der Waals surface area contributed by atoms with Crippen LogP contribution in [0.25, 0.3) is 0 Å². The van der Waals surface area contributed by atoms with Crippen molar-refractivity contribution < 1.29 is 14.5 Å². The van der Waals surface area contributed by atoms with E-state index in [2.05, 4.69) is 0 Å². The van der Waals surface area contributed by atoms with Crippen molar-refractivity contribution in [1.82, 2.24) is 0 Å². The van der Waals surface area contributed by atoms with Gasteiger partial charge in [-0.2, -0.15) is 0 Å². The summed E-state index contributed by atoms with van der Waals surface area (Å²) in [6, 6.07) is 0. The van der Waals surface area contributed by atoms with E-state index in [1.807, 2.05) is 0 Å². The molecule has 1 aliphatic rings. The molecule has 0 fully saturated rings. The predicted octanol–water partition coefficient (Wildman–Crippen LogP) is 0.715. The van der Waals surface area contributed by atoms with Crippen LogP contribution >= 0.6 is 0 Å². The number of carbonyl (C=O) groups is 1. The van der Waals surface area contributed by atoms with Gasteiger partial charge in [0.2, 0.25) is 0 Å². The highest BCUT2D eigenvalue weighted by molar-refractivity contribution is 5.70. The van der Waals surface area contributed by atoms with E-state index >= 15 is 0 Å². The minimum Gasteiger partial charge on any atom is -0.431 e. The van der Waals surface area contributed by atoms with Gasteiger partial charge in [-0.3, -0.25) is 20.6 Å². The van der Waals surface area contributed by atoms with Crippen molar-refractivity contribution in [2.45, 2.75) is 25.4 Å². The van der Waals surface area contributed by atoms with Gasteiger partial charge in [-0.15, -0.1) is 0 Å². The molecule has 1 rings (SSSR count). The monoisotopic (exact) mass is 212 g/mol. The summed E-state index contributed by atoms with van der Waals surface area (Å²) in [5.74, 6) is -0.203. The van der Waals surface area contributed by atoms with Gasteiger partial charge in [0, 0.05) is 17.4 Å². The smallest absolute Gasteiger partial charge is 0.310 e. The molecule has 0 bridgehead atoms. The van der Waals surface area contributed by atoms with Crippen LogP contribution in [-0.2, 0) is 9.53 Å². The van der Waals surface area contributed by atoms with Crippen LogP contribution in [0.1, 0.15) is 19.8 Å². The summed E-state index contributed by atoms with van der Waals surface area (Å²) in [5, 5.41) is 10.6. The Kier molecular flexibility index (Phi) is 3.21. The number of allylic oxidation sites excluding steroid dienone is 2. The molecule has 1 aliphatic carbocycles. The van der Waals surface area contributed by atoms with Gasteiger partial charge in [0.25, 0.3) is 5.66 Å². The van der Waals surface area contributed by atoms with Gasteiger partial charge in [0.1, 0.15) is 5.76 Å². The lowest BCUT2D eigenvalue weighted by Crippen LogP contribution is -2.47. The van der Waals surface area contributed by atoms with E-state index in [0.29, 0.717) is 0 Å². The predicted molar refractivity (Wildman–Crippen MR) is 52.1 cm³/mol. The van der Waals surface area contributed by atoms with Crippen molar-refractivity contribution in [2.75, 3.05) is 0 Å². The SMILES string of the molecule is CCC(=O)OC1=CC=CC(N)([N+](=O)[O-])C1. The van der Waals surface area contributed by atoms with Gasteiger partial charge < -0.3 is 4.74 Å². The molecule has 0 aromatic rings. The number of hydrogen-bond donors (Lipinski definition) is 1. The van der Waals surface area contributed by atoms with E-state index in [1.54, 1.807) is 6.92 Å². The van der Waals surface area contributed by atoms with E-state index in [0.717, 1.165) is 0 Å². The molecule has 0 spiro atoms. The van der Waals surface area contributed by atoms with Crippen LogP contribution in [0.5, 0.6) is 0 Å². The van der Waals surface area contributed by atoms with E-state index in [-0.39, 0.29) is 18.6 Å². The standard InChI is InChI=1S/C9H12N2O4/c1-2-8(12)15-7-4-3-5-9(10,6-7)11(13)14/h3-5H,2,6,10H2,1H3.